The van der Waals surface area contributed by atoms with E-state index in [0.29, 0.717) is 12.6 Å². The Balaban J connectivity index is 1.60. The molecule has 2 aliphatic heterocycles. The van der Waals surface area contributed by atoms with Crippen LogP contribution in [0.1, 0.15) is 24.8 Å². The van der Waals surface area contributed by atoms with Crippen LogP contribution < -0.4 is 10.2 Å². The Morgan fingerprint density at radius 1 is 1.33 bits per heavy atom. The molecule has 3 rings (SSSR count). The van der Waals surface area contributed by atoms with E-state index < -0.39 is 5.60 Å². The maximum absolute atomic E-state index is 10.5. The molecule has 1 aromatic carbocycles. The summed E-state index contributed by atoms with van der Waals surface area (Å²) in [5.74, 6) is 1.94. The number of hydrogen-bond donors (Lipinski definition) is 2. The molecular weight excluding hydrogens is 318 g/mol. The fourth-order valence-corrected chi connectivity index (χ4v) is 5.04. The number of benzene rings is 1. The van der Waals surface area contributed by atoms with Gasteiger partial charge in [-0.2, -0.15) is 11.8 Å². The molecule has 4 nitrogen and oxygen atoms in total. The molecule has 0 amide bonds. The van der Waals surface area contributed by atoms with E-state index in [1.165, 1.54) is 37.2 Å². The Labute approximate surface area is 150 Å². The van der Waals surface area contributed by atoms with Crippen LogP contribution >= 0.6 is 11.8 Å². The van der Waals surface area contributed by atoms with Crippen LogP contribution in [0.3, 0.4) is 0 Å². The highest BCUT2D eigenvalue weighted by molar-refractivity contribution is 7.99. The van der Waals surface area contributed by atoms with Crippen molar-refractivity contribution in [2.45, 2.75) is 37.5 Å². The number of piperidine rings is 1. The number of likely N-dealkylation sites (tertiary alicyclic amines) is 1. The van der Waals surface area contributed by atoms with Gasteiger partial charge in [-0.3, -0.25) is 0 Å². The van der Waals surface area contributed by atoms with Gasteiger partial charge in [0.2, 0.25) is 0 Å². The minimum atomic E-state index is -0.514. The predicted molar refractivity (Wildman–Crippen MR) is 104 cm³/mol. The average Bonchev–Trinajstić information content (AvgIpc) is 3.02. The number of thioether (sulfide) groups is 1. The van der Waals surface area contributed by atoms with Gasteiger partial charge in [0.05, 0.1) is 5.60 Å². The van der Waals surface area contributed by atoms with Crippen LogP contribution in [0.25, 0.3) is 0 Å². The minimum Gasteiger partial charge on any atom is -0.388 e. The maximum atomic E-state index is 10.5. The molecule has 2 N–H and O–H groups in total. The van der Waals surface area contributed by atoms with Crippen molar-refractivity contribution in [3.63, 3.8) is 0 Å². The third-order valence-corrected chi connectivity index (χ3v) is 6.69. The number of nitrogens with zero attached hydrogens (tertiary/aromatic N) is 2. The summed E-state index contributed by atoms with van der Waals surface area (Å²) >= 11 is 1.85. The smallest absolute Gasteiger partial charge is 0.0869 e. The zero-order valence-corrected chi connectivity index (χ0v) is 15.8. The summed E-state index contributed by atoms with van der Waals surface area (Å²) in [7, 11) is 4.44. The molecule has 5 heteroatoms. The molecule has 1 unspecified atom stereocenters. The summed E-state index contributed by atoms with van der Waals surface area (Å²) < 4.78 is 0. The quantitative estimate of drug-likeness (QED) is 0.824. The lowest BCUT2D eigenvalue weighted by Gasteiger charge is -2.37. The highest BCUT2D eigenvalue weighted by atomic mass is 32.2. The Bertz CT molecular complexity index is 525. The van der Waals surface area contributed by atoms with E-state index in [2.05, 4.69) is 53.5 Å². The van der Waals surface area contributed by atoms with Crippen molar-refractivity contribution in [3.05, 3.63) is 29.8 Å². The standard InChI is InChI=1S/C19H31N3OS/c1-21-10-7-17(8-11-21)22(2)18-6-4-3-5-16(18)13-20-14-19(23)9-12-24-15-19/h3-6,17,20,23H,7-15H2,1-2H3. The fourth-order valence-electron chi connectivity index (χ4n) is 3.75. The van der Waals surface area contributed by atoms with Gasteiger partial charge in [-0.15, -0.1) is 0 Å². The van der Waals surface area contributed by atoms with Gasteiger partial charge in [-0.25, -0.2) is 0 Å². The number of anilines is 1. The van der Waals surface area contributed by atoms with E-state index in [9.17, 15) is 5.11 Å². The molecule has 1 aromatic rings. The van der Waals surface area contributed by atoms with Crippen LogP contribution in [0.5, 0.6) is 0 Å². The van der Waals surface area contributed by atoms with E-state index in [1.54, 1.807) is 0 Å². The SMILES string of the molecule is CN1CCC(N(C)c2ccccc2CNCC2(O)CCSC2)CC1. The van der Waals surface area contributed by atoms with Crippen LogP contribution in [0.2, 0.25) is 0 Å². The monoisotopic (exact) mass is 349 g/mol. The highest BCUT2D eigenvalue weighted by Gasteiger charge is 2.31. The maximum Gasteiger partial charge on any atom is 0.0869 e. The number of aliphatic hydroxyl groups is 1. The number of para-hydroxylation sites is 1. The first-order chi connectivity index (χ1) is 11.6. The van der Waals surface area contributed by atoms with E-state index in [4.69, 9.17) is 0 Å². The molecule has 0 aromatic heterocycles. The molecule has 0 saturated carbocycles. The van der Waals surface area contributed by atoms with E-state index in [1.807, 2.05) is 11.8 Å². The van der Waals surface area contributed by atoms with Crippen LogP contribution in [-0.4, -0.2) is 66.9 Å². The summed E-state index contributed by atoms with van der Waals surface area (Å²) in [6, 6.07) is 9.31. The summed E-state index contributed by atoms with van der Waals surface area (Å²) in [5.41, 5.74) is 2.14. The van der Waals surface area contributed by atoms with E-state index in [-0.39, 0.29) is 0 Å². The molecule has 2 fully saturated rings. The first-order valence-corrected chi connectivity index (χ1v) is 10.2. The van der Waals surface area contributed by atoms with Crippen molar-refractivity contribution in [1.29, 1.82) is 0 Å². The Morgan fingerprint density at radius 3 is 2.79 bits per heavy atom. The Hall–Kier alpha value is -0.750. The first-order valence-electron chi connectivity index (χ1n) is 9.07. The molecule has 24 heavy (non-hydrogen) atoms. The molecule has 0 radical (unpaired) electrons. The molecule has 2 saturated heterocycles. The third kappa shape index (κ3) is 4.45. The lowest BCUT2D eigenvalue weighted by Crippen LogP contribution is -2.43. The normalized spacial score (nSPS) is 26.0. The average molecular weight is 350 g/mol. The largest absolute Gasteiger partial charge is 0.388 e. The topological polar surface area (TPSA) is 38.7 Å². The van der Waals surface area contributed by atoms with Gasteiger partial charge in [-0.05, 0) is 56.8 Å². The van der Waals surface area contributed by atoms with Gasteiger partial charge in [0.1, 0.15) is 0 Å². The lowest BCUT2D eigenvalue weighted by molar-refractivity contribution is 0.0675. The zero-order chi connectivity index (χ0) is 17.0. The summed E-state index contributed by atoms with van der Waals surface area (Å²) in [4.78, 5) is 4.88. The second-order valence-electron chi connectivity index (χ2n) is 7.40. The third-order valence-electron chi connectivity index (χ3n) is 5.46. The molecule has 0 spiro atoms. The molecule has 0 aliphatic carbocycles. The van der Waals surface area contributed by atoms with E-state index in [0.717, 1.165) is 24.5 Å². The van der Waals surface area contributed by atoms with Gasteiger partial charge in [-0.1, -0.05) is 18.2 Å². The molecular formula is C19H31N3OS. The predicted octanol–water partition coefficient (Wildman–Crippen LogP) is 2.17. The second kappa shape index (κ2) is 8.09. The summed E-state index contributed by atoms with van der Waals surface area (Å²) in [6.07, 6.45) is 3.36. The molecule has 2 aliphatic rings. The van der Waals surface area contributed by atoms with Crippen molar-refractivity contribution in [3.8, 4) is 0 Å². The first kappa shape index (κ1) is 18.1. The molecule has 2 heterocycles. The number of hydrogen-bond acceptors (Lipinski definition) is 5. The molecule has 134 valence electrons. The highest BCUT2D eigenvalue weighted by Crippen LogP contribution is 2.28. The van der Waals surface area contributed by atoms with Crippen molar-refractivity contribution in [1.82, 2.24) is 10.2 Å². The van der Waals surface area contributed by atoms with Gasteiger partial charge >= 0.3 is 0 Å². The van der Waals surface area contributed by atoms with Crippen LogP contribution in [0, 0.1) is 0 Å². The second-order valence-corrected chi connectivity index (χ2v) is 8.51. The van der Waals surface area contributed by atoms with Gasteiger partial charge in [0.15, 0.2) is 0 Å². The fraction of sp³-hybridized carbons (Fsp3) is 0.684. The molecule has 0 bridgehead atoms. The summed E-state index contributed by atoms with van der Waals surface area (Å²) in [6.45, 7) is 3.87. The van der Waals surface area contributed by atoms with Crippen molar-refractivity contribution < 1.29 is 5.11 Å². The zero-order valence-electron chi connectivity index (χ0n) is 15.0. The van der Waals surface area contributed by atoms with Crippen LogP contribution in [0.4, 0.5) is 5.69 Å². The Morgan fingerprint density at radius 2 is 2.08 bits per heavy atom. The Kier molecular flexibility index (Phi) is 6.08. The van der Waals surface area contributed by atoms with Gasteiger partial charge in [0.25, 0.3) is 0 Å². The van der Waals surface area contributed by atoms with E-state index >= 15 is 0 Å². The van der Waals surface area contributed by atoms with Crippen molar-refractivity contribution in [2.24, 2.45) is 0 Å². The number of nitrogens with one attached hydrogen (secondary N) is 1. The van der Waals surface area contributed by atoms with Gasteiger partial charge < -0.3 is 20.2 Å². The number of rotatable bonds is 6. The minimum absolute atomic E-state index is 0.514. The van der Waals surface area contributed by atoms with Gasteiger partial charge in [0, 0.05) is 37.6 Å². The summed E-state index contributed by atoms with van der Waals surface area (Å²) in [5, 5.41) is 14.0. The van der Waals surface area contributed by atoms with Crippen LogP contribution in [-0.2, 0) is 6.54 Å². The van der Waals surface area contributed by atoms with Crippen molar-refractivity contribution in [2.75, 3.05) is 50.1 Å². The lowest BCUT2D eigenvalue weighted by atomic mass is 10.0. The molecule has 1 atom stereocenters. The van der Waals surface area contributed by atoms with Crippen molar-refractivity contribution >= 4 is 17.4 Å². The van der Waals surface area contributed by atoms with Crippen LogP contribution in [0.15, 0.2) is 24.3 Å².